The molecule has 0 unspecified atom stereocenters. The first kappa shape index (κ1) is 13.7. The van der Waals surface area contributed by atoms with Gasteiger partial charge in [0.15, 0.2) is 0 Å². The Morgan fingerprint density at radius 3 is 2.00 bits per heavy atom. The zero-order valence-electron chi connectivity index (χ0n) is 10.4. The average Bonchev–Trinajstić information content (AvgIpc) is 2.40. The molecule has 1 aromatic rings. The number of esters is 2. The van der Waals surface area contributed by atoms with Crippen molar-refractivity contribution in [1.82, 2.24) is 0 Å². The molecular weight excluding hydrogens is 236 g/mol. The lowest BCUT2D eigenvalue weighted by molar-refractivity contribution is -0.138. The van der Waals surface area contributed by atoms with Crippen LogP contribution in [0.4, 0.5) is 5.69 Å². The molecule has 0 atom stereocenters. The lowest BCUT2D eigenvalue weighted by Gasteiger charge is -2.04. The predicted octanol–water partition coefficient (Wildman–Crippen LogP) is 1.11. The third-order valence-electron chi connectivity index (χ3n) is 2.11. The molecule has 18 heavy (non-hydrogen) atoms. The van der Waals surface area contributed by atoms with Gasteiger partial charge in [0.2, 0.25) is 0 Å². The molecule has 0 bridgehead atoms. The molecule has 0 amide bonds. The highest BCUT2D eigenvalue weighted by Gasteiger charge is 2.22. The van der Waals surface area contributed by atoms with Crippen LogP contribution >= 0.6 is 0 Å². The van der Waals surface area contributed by atoms with Crippen molar-refractivity contribution in [3.63, 3.8) is 0 Å². The van der Waals surface area contributed by atoms with Gasteiger partial charge in [0.05, 0.1) is 19.9 Å². The monoisotopic (exact) mass is 250 g/mol. The van der Waals surface area contributed by atoms with Crippen molar-refractivity contribution in [1.29, 1.82) is 0 Å². The number of rotatable bonds is 4. The Bertz CT molecular complexity index is 447. The second-order valence-corrected chi connectivity index (χ2v) is 3.42. The van der Waals surface area contributed by atoms with Crippen LogP contribution in [0.15, 0.2) is 29.4 Å². The van der Waals surface area contributed by atoms with Gasteiger partial charge in [0.1, 0.15) is 0 Å². The first-order chi connectivity index (χ1) is 8.58. The molecule has 1 aromatic carbocycles. The fraction of sp³-hybridized carbons (Fsp3) is 0.250. The second kappa shape index (κ2) is 6.39. The Hall–Kier alpha value is -2.37. The summed E-state index contributed by atoms with van der Waals surface area (Å²) in [5.74, 6) is -1.72. The van der Waals surface area contributed by atoms with Crippen LogP contribution in [0.3, 0.4) is 0 Å². The van der Waals surface area contributed by atoms with E-state index in [-0.39, 0.29) is 0 Å². The standard InChI is InChI=1S/C12H14N2O4/c1-8-4-6-9(7-5-8)13-14-10(11(15)17-2)12(16)18-3/h4-7,13H,1-3H3. The van der Waals surface area contributed by atoms with Gasteiger partial charge >= 0.3 is 11.9 Å². The first-order valence-electron chi connectivity index (χ1n) is 5.15. The van der Waals surface area contributed by atoms with Gasteiger partial charge in [0, 0.05) is 0 Å². The summed E-state index contributed by atoms with van der Waals surface area (Å²) < 4.78 is 8.86. The van der Waals surface area contributed by atoms with Crippen molar-refractivity contribution in [2.45, 2.75) is 6.92 Å². The number of carbonyl (C=O) groups excluding carboxylic acids is 2. The van der Waals surface area contributed by atoms with Crippen LogP contribution in [-0.2, 0) is 19.1 Å². The number of anilines is 1. The molecule has 1 rings (SSSR count). The van der Waals surface area contributed by atoms with E-state index < -0.39 is 17.7 Å². The van der Waals surface area contributed by atoms with Crippen LogP contribution in [0.25, 0.3) is 0 Å². The van der Waals surface area contributed by atoms with Gasteiger partial charge < -0.3 is 9.47 Å². The average molecular weight is 250 g/mol. The van der Waals surface area contributed by atoms with Gasteiger partial charge in [-0.2, -0.15) is 5.10 Å². The van der Waals surface area contributed by atoms with E-state index in [2.05, 4.69) is 20.0 Å². The number of benzene rings is 1. The van der Waals surface area contributed by atoms with E-state index >= 15 is 0 Å². The minimum absolute atomic E-state index is 0.444. The van der Waals surface area contributed by atoms with Crippen molar-refractivity contribution in [2.75, 3.05) is 19.6 Å². The molecule has 0 saturated carbocycles. The summed E-state index contributed by atoms with van der Waals surface area (Å²) in [6.45, 7) is 1.95. The summed E-state index contributed by atoms with van der Waals surface area (Å²) in [4.78, 5) is 22.6. The SMILES string of the molecule is COC(=O)C(=NNc1ccc(C)cc1)C(=O)OC. The molecular formula is C12H14N2O4. The predicted molar refractivity (Wildman–Crippen MR) is 66.3 cm³/mol. The maximum Gasteiger partial charge on any atom is 0.366 e. The maximum atomic E-state index is 11.3. The first-order valence-corrected chi connectivity index (χ1v) is 5.15. The smallest absolute Gasteiger partial charge is 0.366 e. The second-order valence-electron chi connectivity index (χ2n) is 3.42. The summed E-state index contributed by atoms with van der Waals surface area (Å²) in [5.41, 5.74) is 3.88. The van der Waals surface area contributed by atoms with Crippen LogP contribution in [0.5, 0.6) is 0 Å². The summed E-state index contributed by atoms with van der Waals surface area (Å²) >= 11 is 0. The van der Waals surface area contributed by atoms with Gasteiger partial charge in [-0.1, -0.05) is 17.7 Å². The van der Waals surface area contributed by atoms with Crippen LogP contribution < -0.4 is 5.43 Å². The van der Waals surface area contributed by atoms with Crippen LogP contribution in [0, 0.1) is 6.92 Å². The molecule has 0 aliphatic heterocycles. The summed E-state index contributed by atoms with van der Waals surface area (Å²) in [7, 11) is 2.32. The zero-order valence-corrected chi connectivity index (χ0v) is 10.4. The van der Waals surface area contributed by atoms with Gasteiger partial charge in [-0.25, -0.2) is 9.59 Å². The quantitative estimate of drug-likeness (QED) is 0.375. The lowest BCUT2D eigenvalue weighted by Crippen LogP contribution is -2.27. The largest absolute Gasteiger partial charge is 0.464 e. The number of hydrogen-bond donors (Lipinski definition) is 1. The van der Waals surface area contributed by atoms with E-state index in [4.69, 9.17) is 0 Å². The van der Waals surface area contributed by atoms with Crippen LogP contribution in [0.1, 0.15) is 5.56 Å². The fourth-order valence-corrected chi connectivity index (χ4v) is 1.12. The molecule has 0 spiro atoms. The molecule has 6 nitrogen and oxygen atoms in total. The number of aryl methyl sites for hydroxylation is 1. The molecule has 0 aromatic heterocycles. The summed E-state index contributed by atoms with van der Waals surface area (Å²) in [6, 6.07) is 7.28. The van der Waals surface area contributed by atoms with E-state index in [1.165, 1.54) is 0 Å². The number of hydrazone groups is 1. The van der Waals surface area contributed by atoms with Crippen LogP contribution in [-0.4, -0.2) is 31.9 Å². The minimum Gasteiger partial charge on any atom is -0.464 e. The summed E-state index contributed by atoms with van der Waals surface area (Å²) in [5, 5.41) is 3.68. The number of nitrogens with zero attached hydrogens (tertiary/aromatic N) is 1. The molecule has 96 valence electrons. The number of carbonyl (C=O) groups is 2. The number of methoxy groups -OCH3 is 2. The van der Waals surface area contributed by atoms with Crippen molar-refractivity contribution in [2.24, 2.45) is 5.10 Å². The molecule has 0 heterocycles. The van der Waals surface area contributed by atoms with Gasteiger partial charge in [-0.15, -0.1) is 0 Å². The highest BCUT2D eigenvalue weighted by Crippen LogP contribution is 2.08. The fourth-order valence-electron chi connectivity index (χ4n) is 1.12. The van der Waals surface area contributed by atoms with Crippen LogP contribution in [0.2, 0.25) is 0 Å². The van der Waals surface area contributed by atoms with E-state index in [0.717, 1.165) is 19.8 Å². The normalized spacial score (nSPS) is 9.28. The Morgan fingerprint density at radius 1 is 1.06 bits per heavy atom. The molecule has 6 heteroatoms. The Morgan fingerprint density at radius 2 is 1.56 bits per heavy atom. The zero-order chi connectivity index (χ0) is 13.5. The Labute approximate surface area is 105 Å². The third kappa shape index (κ3) is 3.58. The third-order valence-corrected chi connectivity index (χ3v) is 2.11. The Kier molecular flexibility index (Phi) is 4.86. The Balaban J connectivity index is 2.86. The molecule has 0 fully saturated rings. The van der Waals surface area contributed by atoms with Crippen molar-refractivity contribution >= 4 is 23.3 Å². The summed E-state index contributed by atoms with van der Waals surface area (Å²) in [6.07, 6.45) is 0. The van der Waals surface area contributed by atoms with Crippen molar-refractivity contribution in [3.05, 3.63) is 29.8 Å². The van der Waals surface area contributed by atoms with Crippen molar-refractivity contribution in [3.8, 4) is 0 Å². The lowest BCUT2D eigenvalue weighted by atomic mass is 10.2. The van der Waals surface area contributed by atoms with E-state index in [9.17, 15) is 9.59 Å². The van der Waals surface area contributed by atoms with Crippen molar-refractivity contribution < 1.29 is 19.1 Å². The number of nitrogens with one attached hydrogen (secondary N) is 1. The maximum absolute atomic E-state index is 11.3. The van der Waals surface area contributed by atoms with E-state index in [1.54, 1.807) is 12.1 Å². The number of hydrogen-bond acceptors (Lipinski definition) is 6. The van der Waals surface area contributed by atoms with Gasteiger partial charge in [0.25, 0.3) is 5.71 Å². The van der Waals surface area contributed by atoms with E-state index in [0.29, 0.717) is 5.69 Å². The molecule has 0 saturated heterocycles. The molecule has 0 radical (unpaired) electrons. The van der Waals surface area contributed by atoms with Gasteiger partial charge in [-0.05, 0) is 19.1 Å². The highest BCUT2D eigenvalue weighted by molar-refractivity contribution is 6.62. The molecule has 0 aliphatic carbocycles. The highest BCUT2D eigenvalue weighted by atomic mass is 16.5. The molecule has 0 aliphatic rings. The number of ether oxygens (including phenoxy) is 2. The molecule has 1 N–H and O–H groups in total. The van der Waals surface area contributed by atoms with E-state index in [1.807, 2.05) is 19.1 Å². The van der Waals surface area contributed by atoms with Gasteiger partial charge in [-0.3, -0.25) is 5.43 Å². The minimum atomic E-state index is -0.860. The topological polar surface area (TPSA) is 77.0 Å².